The number of rotatable bonds is 3. The molecule has 1 rings (SSSR count). The summed E-state index contributed by atoms with van der Waals surface area (Å²) in [5, 5.41) is 18.8. The second-order valence-electron chi connectivity index (χ2n) is 2.82. The summed E-state index contributed by atoms with van der Waals surface area (Å²) in [4.78, 5) is 9.95. The molecule has 0 saturated carbocycles. The maximum absolute atomic E-state index is 10.4. The molecule has 0 fully saturated rings. The van der Waals surface area contributed by atoms with Gasteiger partial charge < -0.3 is 5.73 Å². The van der Waals surface area contributed by atoms with E-state index in [2.05, 4.69) is 0 Å². The average molecular weight is 228 g/mol. The SMILES string of the molecule is Cl.N#CC[C@H](N)c1cccc([N+](=O)[O-])c1. The largest absolute Gasteiger partial charge is 0.323 e. The number of nitro groups is 1. The molecule has 1 aromatic rings. The Kier molecular flexibility index (Phi) is 5.31. The van der Waals surface area contributed by atoms with E-state index in [0.717, 1.165) is 0 Å². The molecule has 5 nitrogen and oxygen atoms in total. The van der Waals surface area contributed by atoms with Crippen molar-refractivity contribution in [2.45, 2.75) is 12.5 Å². The highest BCUT2D eigenvalue weighted by molar-refractivity contribution is 5.85. The lowest BCUT2D eigenvalue weighted by Crippen LogP contribution is -2.09. The molecule has 0 saturated heterocycles. The first-order valence-corrected chi connectivity index (χ1v) is 4.02. The van der Waals surface area contributed by atoms with Gasteiger partial charge in [-0.05, 0) is 5.56 Å². The van der Waals surface area contributed by atoms with Crippen LogP contribution in [0.1, 0.15) is 18.0 Å². The van der Waals surface area contributed by atoms with E-state index in [1.54, 1.807) is 12.1 Å². The predicted octanol–water partition coefficient (Wildman–Crippen LogP) is 1.93. The summed E-state index contributed by atoms with van der Waals surface area (Å²) in [6.45, 7) is 0. The lowest BCUT2D eigenvalue weighted by molar-refractivity contribution is -0.384. The van der Waals surface area contributed by atoms with Gasteiger partial charge in [0.25, 0.3) is 5.69 Å². The molecule has 0 radical (unpaired) electrons. The molecule has 6 heteroatoms. The number of non-ortho nitro benzene ring substituents is 1. The van der Waals surface area contributed by atoms with Crippen LogP contribution in [0.2, 0.25) is 0 Å². The van der Waals surface area contributed by atoms with Crippen molar-refractivity contribution >= 4 is 18.1 Å². The van der Waals surface area contributed by atoms with Crippen LogP contribution in [0.4, 0.5) is 5.69 Å². The lowest BCUT2D eigenvalue weighted by atomic mass is 10.1. The Labute approximate surface area is 93.1 Å². The van der Waals surface area contributed by atoms with Crippen LogP contribution in [-0.4, -0.2) is 4.92 Å². The van der Waals surface area contributed by atoms with Gasteiger partial charge in [0.1, 0.15) is 0 Å². The van der Waals surface area contributed by atoms with Gasteiger partial charge in [0.2, 0.25) is 0 Å². The van der Waals surface area contributed by atoms with Gasteiger partial charge >= 0.3 is 0 Å². The van der Waals surface area contributed by atoms with E-state index in [-0.39, 0.29) is 24.5 Å². The molecule has 0 aromatic heterocycles. The molecule has 0 spiro atoms. The van der Waals surface area contributed by atoms with E-state index < -0.39 is 11.0 Å². The molecule has 2 N–H and O–H groups in total. The Morgan fingerprint density at radius 3 is 2.80 bits per heavy atom. The molecule has 80 valence electrons. The minimum absolute atomic E-state index is 0. The molecule has 15 heavy (non-hydrogen) atoms. The summed E-state index contributed by atoms with van der Waals surface area (Å²) < 4.78 is 0. The highest BCUT2D eigenvalue weighted by atomic mass is 35.5. The van der Waals surface area contributed by atoms with Crippen molar-refractivity contribution in [1.82, 2.24) is 0 Å². The fourth-order valence-electron chi connectivity index (χ4n) is 1.09. The first-order chi connectivity index (χ1) is 6.65. The van der Waals surface area contributed by atoms with Gasteiger partial charge in [-0.1, -0.05) is 12.1 Å². The monoisotopic (exact) mass is 227 g/mol. The van der Waals surface area contributed by atoms with Crippen molar-refractivity contribution < 1.29 is 4.92 Å². The summed E-state index contributed by atoms with van der Waals surface area (Å²) >= 11 is 0. The van der Waals surface area contributed by atoms with E-state index in [0.29, 0.717) is 5.56 Å². The minimum atomic E-state index is -0.484. The third kappa shape index (κ3) is 3.54. The van der Waals surface area contributed by atoms with E-state index in [9.17, 15) is 10.1 Å². The summed E-state index contributed by atoms with van der Waals surface area (Å²) in [5.74, 6) is 0. The minimum Gasteiger partial charge on any atom is -0.323 e. The zero-order valence-electron chi connectivity index (χ0n) is 7.79. The van der Waals surface area contributed by atoms with Crippen molar-refractivity contribution in [1.29, 1.82) is 5.26 Å². The summed E-state index contributed by atoms with van der Waals surface area (Å²) in [7, 11) is 0. The van der Waals surface area contributed by atoms with Gasteiger partial charge in [-0.2, -0.15) is 5.26 Å². The zero-order chi connectivity index (χ0) is 10.6. The Bertz CT molecular complexity index is 389. The quantitative estimate of drug-likeness (QED) is 0.631. The molecule has 0 unspecified atom stereocenters. The van der Waals surface area contributed by atoms with Crippen LogP contribution in [0.3, 0.4) is 0 Å². The first kappa shape index (κ1) is 13.4. The van der Waals surface area contributed by atoms with Crippen molar-refractivity contribution in [3.63, 3.8) is 0 Å². The van der Waals surface area contributed by atoms with Crippen LogP contribution >= 0.6 is 12.4 Å². The van der Waals surface area contributed by atoms with Crippen LogP contribution in [0.25, 0.3) is 0 Å². The van der Waals surface area contributed by atoms with Crippen molar-refractivity contribution in [2.75, 3.05) is 0 Å². The van der Waals surface area contributed by atoms with Crippen LogP contribution in [-0.2, 0) is 0 Å². The summed E-state index contributed by atoms with van der Waals surface area (Å²) in [6.07, 6.45) is 0.154. The van der Waals surface area contributed by atoms with Crippen LogP contribution < -0.4 is 5.73 Å². The van der Waals surface area contributed by atoms with E-state index in [4.69, 9.17) is 11.0 Å². The molecule has 0 aliphatic rings. The third-order valence-electron chi connectivity index (χ3n) is 1.82. The van der Waals surface area contributed by atoms with Gasteiger partial charge in [-0.15, -0.1) is 12.4 Å². The number of hydrogen-bond acceptors (Lipinski definition) is 4. The molecule has 0 heterocycles. The van der Waals surface area contributed by atoms with Crippen molar-refractivity contribution in [2.24, 2.45) is 5.73 Å². The molecule has 0 amide bonds. The molecule has 0 bridgehead atoms. The van der Waals surface area contributed by atoms with Crippen LogP contribution in [0, 0.1) is 21.4 Å². The second-order valence-corrected chi connectivity index (χ2v) is 2.82. The number of nitro benzene ring substituents is 1. The Balaban J connectivity index is 0.00000196. The van der Waals surface area contributed by atoms with Crippen molar-refractivity contribution in [3.05, 3.63) is 39.9 Å². The topological polar surface area (TPSA) is 93.0 Å². The maximum Gasteiger partial charge on any atom is 0.269 e. The Morgan fingerprint density at radius 2 is 2.27 bits per heavy atom. The normalized spacial score (nSPS) is 10.9. The molecule has 1 atom stereocenters. The fourth-order valence-corrected chi connectivity index (χ4v) is 1.09. The Hall–Kier alpha value is -1.64. The van der Waals surface area contributed by atoms with E-state index in [1.807, 2.05) is 6.07 Å². The van der Waals surface area contributed by atoms with Gasteiger partial charge in [-0.25, -0.2) is 0 Å². The predicted molar refractivity (Wildman–Crippen MR) is 57.5 cm³/mol. The first-order valence-electron chi connectivity index (χ1n) is 4.02. The lowest BCUT2D eigenvalue weighted by Gasteiger charge is -2.06. The fraction of sp³-hybridized carbons (Fsp3) is 0.222. The van der Waals surface area contributed by atoms with E-state index >= 15 is 0 Å². The average Bonchev–Trinajstić information content (AvgIpc) is 2.18. The molecular weight excluding hydrogens is 218 g/mol. The summed E-state index contributed by atoms with van der Waals surface area (Å²) in [6, 6.07) is 7.48. The molecule has 1 aromatic carbocycles. The Morgan fingerprint density at radius 1 is 1.60 bits per heavy atom. The van der Waals surface area contributed by atoms with Gasteiger partial charge in [0.15, 0.2) is 0 Å². The highest BCUT2D eigenvalue weighted by Gasteiger charge is 2.10. The number of nitriles is 1. The number of halogens is 1. The highest BCUT2D eigenvalue weighted by Crippen LogP contribution is 2.19. The van der Waals surface area contributed by atoms with Gasteiger partial charge in [0.05, 0.1) is 17.4 Å². The number of hydrogen-bond donors (Lipinski definition) is 1. The maximum atomic E-state index is 10.4. The summed E-state index contributed by atoms with van der Waals surface area (Å²) in [5.41, 5.74) is 6.24. The molecule has 0 aliphatic carbocycles. The second kappa shape index (κ2) is 5.96. The van der Waals surface area contributed by atoms with Crippen LogP contribution in [0.5, 0.6) is 0 Å². The standard InChI is InChI=1S/C9H9N3O2.ClH/c10-5-4-9(11)7-2-1-3-8(6-7)12(13)14;/h1-3,6,9H,4,11H2;1H/t9-;/m0./s1. The molecular formula is C9H10ClN3O2. The van der Waals surface area contributed by atoms with Gasteiger partial charge in [0, 0.05) is 18.2 Å². The number of nitrogens with zero attached hydrogens (tertiary/aromatic N) is 2. The van der Waals surface area contributed by atoms with Crippen LogP contribution in [0.15, 0.2) is 24.3 Å². The van der Waals surface area contributed by atoms with E-state index in [1.165, 1.54) is 12.1 Å². The van der Waals surface area contributed by atoms with Gasteiger partial charge in [-0.3, -0.25) is 10.1 Å². The molecule has 0 aliphatic heterocycles. The zero-order valence-corrected chi connectivity index (χ0v) is 8.61. The van der Waals surface area contributed by atoms with Crippen molar-refractivity contribution in [3.8, 4) is 6.07 Å². The number of benzene rings is 1. The smallest absolute Gasteiger partial charge is 0.269 e. The third-order valence-corrected chi connectivity index (χ3v) is 1.82. The number of nitrogens with two attached hydrogens (primary N) is 1.